The van der Waals surface area contributed by atoms with Crippen LogP contribution in [0.3, 0.4) is 0 Å². The molecule has 1 aromatic heterocycles. The first-order valence-electron chi connectivity index (χ1n) is 7.07. The van der Waals surface area contributed by atoms with E-state index in [4.69, 9.17) is 5.73 Å². The molecule has 1 heterocycles. The zero-order valence-electron chi connectivity index (χ0n) is 12.4. The van der Waals surface area contributed by atoms with Crippen LogP contribution in [0.5, 0.6) is 0 Å². The smallest absolute Gasteiger partial charge is 0.293 e. The molecular weight excluding hydrogens is 240 g/mol. The number of rotatable bonds is 7. The van der Waals surface area contributed by atoms with Gasteiger partial charge in [0.25, 0.3) is 5.56 Å². The van der Waals surface area contributed by atoms with Crippen molar-refractivity contribution in [2.45, 2.75) is 52.6 Å². The third-order valence-electron chi connectivity index (χ3n) is 3.58. The van der Waals surface area contributed by atoms with Crippen molar-refractivity contribution in [2.75, 3.05) is 11.9 Å². The first kappa shape index (κ1) is 15.7. The second kappa shape index (κ2) is 7.28. The van der Waals surface area contributed by atoms with Crippen molar-refractivity contribution in [2.24, 2.45) is 11.7 Å². The number of anilines is 1. The lowest BCUT2D eigenvalue weighted by molar-refractivity contribution is 0.407. The zero-order valence-corrected chi connectivity index (χ0v) is 12.4. The molecule has 0 saturated carbocycles. The average Bonchev–Trinajstić information content (AvgIpc) is 2.38. The number of hydrogen-bond acceptors (Lipinski definition) is 4. The molecule has 0 aliphatic carbocycles. The maximum Gasteiger partial charge on any atom is 0.293 e. The van der Waals surface area contributed by atoms with E-state index in [2.05, 4.69) is 24.1 Å². The second-order valence-electron chi connectivity index (χ2n) is 5.20. The summed E-state index contributed by atoms with van der Waals surface area (Å²) in [4.78, 5) is 16.2. The van der Waals surface area contributed by atoms with E-state index in [0.717, 1.165) is 12.8 Å². The van der Waals surface area contributed by atoms with Crippen LogP contribution < -0.4 is 16.6 Å². The summed E-state index contributed by atoms with van der Waals surface area (Å²) in [6.45, 7) is 8.81. The molecule has 1 aromatic rings. The largest absolute Gasteiger partial charge is 0.364 e. The number of hydrogen-bond donors (Lipinski definition) is 2. The molecule has 0 radical (unpaired) electrons. The van der Waals surface area contributed by atoms with Crippen LogP contribution in [0.1, 0.15) is 46.6 Å². The Morgan fingerprint density at radius 2 is 2.00 bits per heavy atom. The Morgan fingerprint density at radius 3 is 2.53 bits per heavy atom. The molecule has 0 aromatic carbocycles. The Bertz CT molecular complexity index is 437. The Kier molecular flexibility index (Phi) is 6.02. The molecule has 5 heteroatoms. The molecule has 0 fully saturated rings. The summed E-state index contributed by atoms with van der Waals surface area (Å²) < 4.78 is 1.66. The molecular formula is C14H26N4O. The Labute approximate surface area is 115 Å². The van der Waals surface area contributed by atoms with Gasteiger partial charge in [0.1, 0.15) is 0 Å². The van der Waals surface area contributed by atoms with E-state index in [1.54, 1.807) is 17.0 Å². The molecule has 3 N–H and O–H groups in total. The maximum atomic E-state index is 12.1. The third-order valence-corrected chi connectivity index (χ3v) is 3.58. The molecule has 1 rings (SSSR count). The second-order valence-corrected chi connectivity index (χ2v) is 5.20. The number of nitrogens with two attached hydrogens (primary N) is 1. The lowest BCUT2D eigenvalue weighted by Crippen LogP contribution is -2.38. The van der Waals surface area contributed by atoms with Gasteiger partial charge in [-0.1, -0.05) is 26.7 Å². The van der Waals surface area contributed by atoms with E-state index >= 15 is 0 Å². The average molecular weight is 266 g/mol. The van der Waals surface area contributed by atoms with Crippen LogP contribution in [-0.4, -0.2) is 22.1 Å². The van der Waals surface area contributed by atoms with Gasteiger partial charge in [-0.15, -0.1) is 0 Å². The van der Waals surface area contributed by atoms with Crippen LogP contribution in [0.25, 0.3) is 0 Å². The van der Waals surface area contributed by atoms with Crippen LogP contribution in [0.4, 0.5) is 5.82 Å². The fourth-order valence-electron chi connectivity index (χ4n) is 2.23. The fraction of sp³-hybridized carbons (Fsp3) is 0.714. The quantitative estimate of drug-likeness (QED) is 0.791. The van der Waals surface area contributed by atoms with Crippen LogP contribution >= 0.6 is 0 Å². The normalized spacial score (nSPS) is 13.0. The highest BCUT2D eigenvalue weighted by atomic mass is 16.1. The van der Waals surface area contributed by atoms with Gasteiger partial charge in [-0.3, -0.25) is 4.79 Å². The molecule has 108 valence electrons. The molecule has 1 atom stereocenters. The minimum absolute atomic E-state index is 0.0453. The van der Waals surface area contributed by atoms with Gasteiger partial charge in [0.15, 0.2) is 5.82 Å². The van der Waals surface area contributed by atoms with Crippen molar-refractivity contribution in [3.63, 3.8) is 0 Å². The third kappa shape index (κ3) is 4.06. The molecule has 0 aliphatic rings. The summed E-state index contributed by atoms with van der Waals surface area (Å²) in [5.41, 5.74) is 6.05. The molecule has 1 unspecified atom stereocenters. The lowest BCUT2D eigenvalue weighted by atomic mass is 9.95. The molecule has 0 aliphatic heterocycles. The van der Waals surface area contributed by atoms with Gasteiger partial charge in [-0.2, -0.15) is 0 Å². The molecule has 0 spiro atoms. The van der Waals surface area contributed by atoms with Crippen molar-refractivity contribution in [1.82, 2.24) is 9.55 Å². The summed E-state index contributed by atoms with van der Waals surface area (Å²) in [6.07, 6.45) is 5.46. The molecule has 5 nitrogen and oxygen atoms in total. The van der Waals surface area contributed by atoms with Crippen molar-refractivity contribution in [1.29, 1.82) is 0 Å². The van der Waals surface area contributed by atoms with Gasteiger partial charge in [0, 0.05) is 31.0 Å². The van der Waals surface area contributed by atoms with E-state index in [1.165, 1.54) is 0 Å². The van der Waals surface area contributed by atoms with Crippen molar-refractivity contribution in [3.8, 4) is 0 Å². The SMILES string of the molecule is CCC(CC)C(N)CNc1nccn(C(C)C)c1=O. The van der Waals surface area contributed by atoms with Crippen LogP contribution in [0, 0.1) is 5.92 Å². The maximum absolute atomic E-state index is 12.1. The molecule has 19 heavy (non-hydrogen) atoms. The standard InChI is InChI=1S/C14H26N4O/c1-5-11(6-2)12(15)9-17-13-14(19)18(10(3)4)8-7-16-13/h7-8,10-12H,5-6,9,15H2,1-4H3,(H,16,17). The van der Waals surface area contributed by atoms with Gasteiger partial charge in [0.2, 0.25) is 0 Å². The molecule has 0 bridgehead atoms. The van der Waals surface area contributed by atoms with E-state index in [1.807, 2.05) is 13.8 Å². The van der Waals surface area contributed by atoms with E-state index in [0.29, 0.717) is 18.3 Å². The zero-order chi connectivity index (χ0) is 14.4. The van der Waals surface area contributed by atoms with Gasteiger partial charge in [-0.05, 0) is 19.8 Å². The monoisotopic (exact) mass is 266 g/mol. The first-order valence-corrected chi connectivity index (χ1v) is 7.07. The topological polar surface area (TPSA) is 72.9 Å². The predicted molar refractivity (Wildman–Crippen MR) is 79.4 cm³/mol. The highest BCUT2D eigenvalue weighted by Crippen LogP contribution is 2.11. The van der Waals surface area contributed by atoms with Gasteiger partial charge < -0.3 is 15.6 Å². The summed E-state index contributed by atoms with van der Waals surface area (Å²) >= 11 is 0. The van der Waals surface area contributed by atoms with Gasteiger partial charge in [-0.25, -0.2) is 4.98 Å². The summed E-state index contributed by atoms with van der Waals surface area (Å²) in [7, 11) is 0. The summed E-state index contributed by atoms with van der Waals surface area (Å²) in [6, 6.07) is 0.174. The van der Waals surface area contributed by atoms with E-state index < -0.39 is 0 Å². The van der Waals surface area contributed by atoms with Crippen molar-refractivity contribution >= 4 is 5.82 Å². The Morgan fingerprint density at radius 1 is 1.37 bits per heavy atom. The fourth-order valence-corrected chi connectivity index (χ4v) is 2.23. The van der Waals surface area contributed by atoms with Gasteiger partial charge >= 0.3 is 0 Å². The van der Waals surface area contributed by atoms with Crippen molar-refractivity contribution in [3.05, 3.63) is 22.7 Å². The van der Waals surface area contributed by atoms with Crippen LogP contribution in [0.2, 0.25) is 0 Å². The first-order chi connectivity index (χ1) is 9.01. The lowest BCUT2D eigenvalue weighted by Gasteiger charge is -2.21. The van der Waals surface area contributed by atoms with Gasteiger partial charge in [0.05, 0.1) is 0 Å². The van der Waals surface area contributed by atoms with Crippen LogP contribution in [-0.2, 0) is 0 Å². The minimum Gasteiger partial charge on any atom is -0.364 e. The predicted octanol–water partition coefficient (Wildman–Crippen LogP) is 2.00. The number of nitrogens with zero attached hydrogens (tertiary/aromatic N) is 2. The van der Waals surface area contributed by atoms with E-state index in [9.17, 15) is 4.79 Å². The number of nitrogens with one attached hydrogen (secondary N) is 1. The van der Waals surface area contributed by atoms with E-state index in [-0.39, 0.29) is 17.6 Å². The highest BCUT2D eigenvalue weighted by molar-refractivity contribution is 5.31. The Balaban J connectivity index is 2.73. The van der Waals surface area contributed by atoms with Crippen molar-refractivity contribution < 1.29 is 0 Å². The summed E-state index contributed by atoms with van der Waals surface area (Å²) in [5, 5.41) is 3.09. The van der Waals surface area contributed by atoms with Crippen LogP contribution in [0.15, 0.2) is 17.2 Å². The molecule has 0 amide bonds. The number of aromatic nitrogens is 2. The Hall–Kier alpha value is -1.36. The summed E-state index contributed by atoms with van der Waals surface area (Å²) in [5.74, 6) is 0.862. The highest BCUT2D eigenvalue weighted by Gasteiger charge is 2.15. The molecule has 0 saturated heterocycles. The minimum atomic E-state index is -0.0887.